The van der Waals surface area contributed by atoms with Crippen molar-refractivity contribution in [2.75, 3.05) is 25.0 Å². The van der Waals surface area contributed by atoms with Gasteiger partial charge in [-0.25, -0.2) is 4.79 Å². The molecule has 1 heterocycles. The molecule has 0 aromatic heterocycles. The minimum Gasteiger partial charge on any atom is -0.452 e. The highest BCUT2D eigenvalue weighted by molar-refractivity contribution is 6.34. The summed E-state index contributed by atoms with van der Waals surface area (Å²) in [7, 11) is 0. The van der Waals surface area contributed by atoms with Gasteiger partial charge in [-0.05, 0) is 62.6 Å². The number of amides is 1. The second-order valence-corrected chi connectivity index (χ2v) is 8.62. The molecule has 1 amide bonds. The Bertz CT molecular complexity index is 912. The van der Waals surface area contributed by atoms with Crippen molar-refractivity contribution in [1.29, 1.82) is 0 Å². The number of nitrogens with one attached hydrogen (secondary N) is 1. The lowest BCUT2D eigenvalue weighted by Crippen LogP contribution is -2.44. The number of hydrogen-bond donors (Lipinski definition) is 1. The van der Waals surface area contributed by atoms with Crippen molar-refractivity contribution in [1.82, 2.24) is 4.90 Å². The molecular formula is C24H29ClN2O4. The fourth-order valence-electron chi connectivity index (χ4n) is 3.88. The molecule has 1 N–H and O–H groups in total. The largest absolute Gasteiger partial charge is 0.452 e. The Kier molecular flexibility index (Phi) is 7.70. The van der Waals surface area contributed by atoms with E-state index in [4.69, 9.17) is 21.1 Å². The Hall–Kier alpha value is -2.41. The van der Waals surface area contributed by atoms with Crippen LogP contribution in [0.15, 0.2) is 36.4 Å². The Labute approximate surface area is 188 Å². The zero-order valence-corrected chi connectivity index (χ0v) is 19.2. The van der Waals surface area contributed by atoms with E-state index in [1.165, 1.54) is 0 Å². The number of aryl methyl sites for hydroxylation is 2. The van der Waals surface area contributed by atoms with Gasteiger partial charge in [0.25, 0.3) is 5.91 Å². The summed E-state index contributed by atoms with van der Waals surface area (Å²) in [6.45, 7) is 10.1. The number of carbonyl (C=O) groups excluding carboxylic acids is 2. The number of ether oxygens (including phenoxy) is 2. The van der Waals surface area contributed by atoms with E-state index < -0.39 is 11.9 Å². The first-order chi connectivity index (χ1) is 14.7. The summed E-state index contributed by atoms with van der Waals surface area (Å²) in [4.78, 5) is 26.9. The van der Waals surface area contributed by atoms with Crippen LogP contribution in [0.4, 0.5) is 5.69 Å². The first-order valence-corrected chi connectivity index (χ1v) is 10.8. The third kappa shape index (κ3) is 6.53. The maximum absolute atomic E-state index is 12.3. The Morgan fingerprint density at radius 2 is 1.77 bits per heavy atom. The summed E-state index contributed by atoms with van der Waals surface area (Å²) in [5, 5.41) is 3.17. The molecule has 0 radical (unpaired) electrons. The first-order valence-electron chi connectivity index (χ1n) is 10.4. The van der Waals surface area contributed by atoms with Crippen molar-refractivity contribution in [3.63, 3.8) is 0 Å². The van der Waals surface area contributed by atoms with Crippen molar-refractivity contribution in [2.45, 2.75) is 46.4 Å². The number of rotatable bonds is 6. The van der Waals surface area contributed by atoms with Crippen LogP contribution in [0.3, 0.4) is 0 Å². The number of esters is 1. The molecule has 31 heavy (non-hydrogen) atoms. The van der Waals surface area contributed by atoms with Crippen LogP contribution >= 0.6 is 11.6 Å². The molecule has 1 saturated heterocycles. The summed E-state index contributed by atoms with van der Waals surface area (Å²) in [5.41, 5.74) is 3.91. The molecule has 0 aliphatic carbocycles. The molecule has 3 rings (SSSR count). The molecule has 2 atom stereocenters. The third-order valence-electron chi connectivity index (χ3n) is 5.12. The fourth-order valence-corrected chi connectivity index (χ4v) is 4.25. The summed E-state index contributed by atoms with van der Waals surface area (Å²) in [6.07, 6.45) is 0.422. The number of benzene rings is 2. The maximum Gasteiger partial charge on any atom is 0.338 e. The average Bonchev–Trinajstić information content (AvgIpc) is 2.68. The van der Waals surface area contributed by atoms with Crippen molar-refractivity contribution < 1.29 is 19.1 Å². The van der Waals surface area contributed by atoms with E-state index in [9.17, 15) is 9.59 Å². The van der Waals surface area contributed by atoms with E-state index in [1.807, 2.05) is 32.0 Å². The predicted molar refractivity (Wildman–Crippen MR) is 122 cm³/mol. The van der Waals surface area contributed by atoms with Crippen LogP contribution in [-0.4, -0.2) is 48.7 Å². The highest BCUT2D eigenvalue weighted by atomic mass is 35.5. The van der Waals surface area contributed by atoms with E-state index in [-0.39, 0.29) is 18.8 Å². The lowest BCUT2D eigenvalue weighted by atomic mass is 10.1. The zero-order chi connectivity index (χ0) is 22.5. The second kappa shape index (κ2) is 10.3. The zero-order valence-electron chi connectivity index (χ0n) is 18.4. The fraction of sp³-hybridized carbons (Fsp3) is 0.417. The van der Waals surface area contributed by atoms with Crippen molar-refractivity contribution in [2.24, 2.45) is 0 Å². The maximum atomic E-state index is 12.3. The van der Waals surface area contributed by atoms with E-state index in [0.717, 1.165) is 36.3 Å². The Morgan fingerprint density at radius 3 is 2.39 bits per heavy atom. The van der Waals surface area contributed by atoms with Crippen molar-refractivity contribution in [3.05, 3.63) is 63.7 Å². The quantitative estimate of drug-likeness (QED) is 0.670. The second-order valence-electron chi connectivity index (χ2n) is 8.21. The van der Waals surface area contributed by atoms with Gasteiger partial charge < -0.3 is 14.8 Å². The van der Waals surface area contributed by atoms with Gasteiger partial charge in [0.15, 0.2) is 6.61 Å². The molecule has 0 spiro atoms. The molecule has 1 aliphatic heterocycles. The summed E-state index contributed by atoms with van der Waals surface area (Å²) >= 11 is 6.21. The summed E-state index contributed by atoms with van der Waals surface area (Å²) < 4.78 is 10.9. The Morgan fingerprint density at radius 1 is 1.13 bits per heavy atom. The number of nitrogens with zero attached hydrogens (tertiary/aromatic N) is 1. The van der Waals surface area contributed by atoms with Gasteiger partial charge in [0, 0.05) is 19.6 Å². The predicted octanol–water partition coefficient (Wildman–Crippen LogP) is 4.36. The normalized spacial score (nSPS) is 19.1. The minimum absolute atomic E-state index is 0.211. The highest BCUT2D eigenvalue weighted by Crippen LogP contribution is 2.27. The number of halogens is 1. The summed E-state index contributed by atoms with van der Waals surface area (Å²) in [6, 6.07) is 11.0. The average molecular weight is 445 g/mol. The topological polar surface area (TPSA) is 67.9 Å². The molecule has 2 aromatic carbocycles. The van der Waals surface area contributed by atoms with Crippen LogP contribution in [0.2, 0.25) is 5.02 Å². The van der Waals surface area contributed by atoms with Crippen LogP contribution < -0.4 is 5.32 Å². The molecule has 166 valence electrons. The highest BCUT2D eigenvalue weighted by Gasteiger charge is 2.22. The van der Waals surface area contributed by atoms with Gasteiger partial charge in [-0.1, -0.05) is 29.8 Å². The van der Waals surface area contributed by atoms with Crippen molar-refractivity contribution >= 4 is 29.2 Å². The SMILES string of the molecule is Cc1cc(C)c(NC(=O)COC(=O)c2ccc(CN3CC(C)OC(C)C3)cc2)c(Cl)c1. The lowest BCUT2D eigenvalue weighted by Gasteiger charge is -2.35. The lowest BCUT2D eigenvalue weighted by molar-refractivity contribution is -0.119. The van der Waals surface area contributed by atoms with Crippen LogP contribution in [0.1, 0.15) is 40.9 Å². The first kappa shape index (κ1) is 23.3. The Balaban J connectivity index is 1.51. The van der Waals surface area contributed by atoms with Gasteiger partial charge >= 0.3 is 5.97 Å². The van der Waals surface area contributed by atoms with E-state index in [1.54, 1.807) is 18.2 Å². The standard InChI is InChI=1S/C24H29ClN2O4/c1-15-9-16(2)23(21(25)10-15)26-22(28)14-30-24(29)20-7-5-19(6-8-20)13-27-11-17(3)31-18(4)12-27/h5-10,17-18H,11-14H2,1-4H3,(H,26,28). The number of morpholine rings is 1. The van der Waals surface area contributed by atoms with Crippen LogP contribution in [0.25, 0.3) is 0 Å². The molecule has 1 fully saturated rings. The smallest absolute Gasteiger partial charge is 0.338 e. The van der Waals surface area contributed by atoms with Gasteiger partial charge in [0.05, 0.1) is 28.5 Å². The van der Waals surface area contributed by atoms with Gasteiger partial charge in [0.1, 0.15) is 0 Å². The van der Waals surface area contributed by atoms with Gasteiger partial charge in [-0.15, -0.1) is 0 Å². The van der Waals surface area contributed by atoms with Crippen LogP contribution in [0, 0.1) is 13.8 Å². The molecule has 2 unspecified atom stereocenters. The van der Waals surface area contributed by atoms with E-state index in [2.05, 4.69) is 24.1 Å². The molecular weight excluding hydrogens is 416 g/mol. The molecule has 0 bridgehead atoms. The van der Waals surface area contributed by atoms with E-state index >= 15 is 0 Å². The minimum atomic E-state index is -0.540. The van der Waals surface area contributed by atoms with Crippen molar-refractivity contribution in [3.8, 4) is 0 Å². The molecule has 7 heteroatoms. The molecule has 1 aliphatic rings. The van der Waals surface area contributed by atoms with Gasteiger partial charge in [-0.3, -0.25) is 9.69 Å². The third-order valence-corrected chi connectivity index (χ3v) is 5.42. The molecule has 2 aromatic rings. The molecule has 6 nitrogen and oxygen atoms in total. The van der Waals surface area contributed by atoms with Crippen LogP contribution in [-0.2, 0) is 20.8 Å². The van der Waals surface area contributed by atoms with Gasteiger partial charge in [0.2, 0.25) is 0 Å². The summed E-state index contributed by atoms with van der Waals surface area (Å²) in [5.74, 6) is -0.976. The monoisotopic (exact) mass is 444 g/mol. The van der Waals surface area contributed by atoms with E-state index in [0.29, 0.717) is 16.3 Å². The number of carbonyl (C=O) groups is 2. The molecule has 0 saturated carbocycles. The van der Waals surface area contributed by atoms with Crippen LogP contribution in [0.5, 0.6) is 0 Å². The number of hydrogen-bond acceptors (Lipinski definition) is 5. The number of anilines is 1. The van der Waals surface area contributed by atoms with Gasteiger partial charge in [-0.2, -0.15) is 0 Å².